The van der Waals surface area contributed by atoms with E-state index in [0.717, 1.165) is 0 Å². The maximum atomic E-state index is 10.9. The van der Waals surface area contributed by atoms with E-state index in [4.69, 9.17) is 5.73 Å². The second-order valence-electron chi connectivity index (χ2n) is 1.94. The molecule has 0 bridgehead atoms. The molecular weight excluding hydrogens is 198 g/mol. The van der Waals surface area contributed by atoms with Gasteiger partial charge in [-0.15, -0.1) is 12.4 Å². The molecule has 0 aliphatic rings. The summed E-state index contributed by atoms with van der Waals surface area (Å²) in [6.45, 7) is 2.11. The van der Waals surface area contributed by atoms with E-state index in [9.17, 15) is 4.79 Å². The first-order chi connectivity index (χ1) is 5.77. The van der Waals surface area contributed by atoms with Crippen LogP contribution >= 0.6 is 12.4 Å². The van der Waals surface area contributed by atoms with Gasteiger partial charge < -0.3 is 15.0 Å². The second-order valence-corrected chi connectivity index (χ2v) is 1.94. The standard InChI is InChI=1S/C6H9N3O3.ClH/c1-2-11-6(10)5-8-4(3-7)9-12-5;/h2-3,7H2,1H3;1H. The highest BCUT2D eigenvalue weighted by Gasteiger charge is 2.14. The van der Waals surface area contributed by atoms with Gasteiger partial charge in [0, 0.05) is 0 Å². The number of carbonyl (C=O) groups excluding carboxylic acids is 1. The molecule has 2 N–H and O–H groups in total. The van der Waals surface area contributed by atoms with Crippen LogP contribution in [0.5, 0.6) is 0 Å². The highest BCUT2D eigenvalue weighted by atomic mass is 35.5. The first kappa shape index (κ1) is 11.9. The molecule has 0 saturated carbocycles. The minimum absolute atomic E-state index is 0. The van der Waals surface area contributed by atoms with Crippen LogP contribution < -0.4 is 5.73 Å². The van der Waals surface area contributed by atoms with Crippen molar-refractivity contribution in [2.24, 2.45) is 5.73 Å². The first-order valence-electron chi connectivity index (χ1n) is 3.47. The lowest BCUT2D eigenvalue weighted by Crippen LogP contribution is -2.05. The smallest absolute Gasteiger partial charge is 0.397 e. The number of nitrogens with two attached hydrogens (primary N) is 1. The van der Waals surface area contributed by atoms with Crippen LogP contribution in [-0.4, -0.2) is 22.7 Å². The molecule has 1 aromatic heterocycles. The van der Waals surface area contributed by atoms with E-state index in [-0.39, 0.29) is 37.3 Å². The normalized spacial score (nSPS) is 9.08. The van der Waals surface area contributed by atoms with Crippen molar-refractivity contribution in [3.8, 4) is 0 Å². The number of hydrogen-bond acceptors (Lipinski definition) is 6. The molecule has 1 heterocycles. The first-order valence-corrected chi connectivity index (χ1v) is 3.47. The minimum atomic E-state index is -0.621. The zero-order valence-electron chi connectivity index (χ0n) is 7.02. The van der Waals surface area contributed by atoms with Crippen molar-refractivity contribution < 1.29 is 14.1 Å². The number of rotatable bonds is 3. The second kappa shape index (κ2) is 5.50. The average Bonchev–Trinajstić information content (AvgIpc) is 2.52. The molecule has 6 nitrogen and oxygen atoms in total. The fraction of sp³-hybridized carbons (Fsp3) is 0.500. The third kappa shape index (κ3) is 3.00. The molecular formula is C6H10ClN3O3. The third-order valence-corrected chi connectivity index (χ3v) is 1.10. The van der Waals surface area contributed by atoms with E-state index in [1.807, 2.05) is 0 Å². The Labute approximate surface area is 80.8 Å². The maximum absolute atomic E-state index is 10.9. The van der Waals surface area contributed by atoms with E-state index >= 15 is 0 Å². The summed E-state index contributed by atoms with van der Waals surface area (Å²) >= 11 is 0. The van der Waals surface area contributed by atoms with Gasteiger partial charge in [0.05, 0.1) is 13.2 Å². The Kier molecular flexibility index (Phi) is 5.01. The van der Waals surface area contributed by atoms with Gasteiger partial charge in [-0.1, -0.05) is 5.16 Å². The minimum Gasteiger partial charge on any atom is -0.459 e. The third-order valence-electron chi connectivity index (χ3n) is 1.10. The SMILES string of the molecule is CCOC(=O)c1nc(CN)no1.Cl. The molecule has 0 unspecified atom stereocenters. The molecule has 0 aliphatic heterocycles. The summed E-state index contributed by atoms with van der Waals surface area (Å²) in [7, 11) is 0. The monoisotopic (exact) mass is 207 g/mol. The van der Waals surface area contributed by atoms with Gasteiger partial charge in [0.1, 0.15) is 0 Å². The van der Waals surface area contributed by atoms with Crippen molar-refractivity contribution in [1.82, 2.24) is 10.1 Å². The molecule has 1 rings (SSSR count). The van der Waals surface area contributed by atoms with E-state index in [1.165, 1.54) is 0 Å². The Hall–Kier alpha value is -1.14. The molecule has 7 heteroatoms. The van der Waals surface area contributed by atoms with Crippen molar-refractivity contribution in [1.29, 1.82) is 0 Å². The molecule has 0 aromatic carbocycles. The van der Waals surface area contributed by atoms with Gasteiger partial charge in [0.2, 0.25) is 0 Å². The van der Waals surface area contributed by atoms with Crippen LogP contribution in [0.15, 0.2) is 4.52 Å². The summed E-state index contributed by atoms with van der Waals surface area (Å²) < 4.78 is 9.16. The Morgan fingerprint density at radius 2 is 2.38 bits per heavy atom. The van der Waals surface area contributed by atoms with Gasteiger partial charge >= 0.3 is 11.9 Å². The van der Waals surface area contributed by atoms with Crippen molar-refractivity contribution in [2.45, 2.75) is 13.5 Å². The zero-order chi connectivity index (χ0) is 8.97. The Bertz CT molecular complexity index is 276. The van der Waals surface area contributed by atoms with E-state index in [0.29, 0.717) is 0 Å². The van der Waals surface area contributed by atoms with Crippen LogP contribution in [-0.2, 0) is 11.3 Å². The molecule has 0 atom stereocenters. The quantitative estimate of drug-likeness (QED) is 0.709. The van der Waals surface area contributed by atoms with Crippen molar-refractivity contribution in [3.63, 3.8) is 0 Å². The topological polar surface area (TPSA) is 91.2 Å². The molecule has 1 aromatic rings. The number of hydrogen-bond donors (Lipinski definition) is 1. The van der Waals surface area contributed by atoms with Crippen molar-refractivity contribution >= 4 is 18.4 Å². The van der Waals surface area contributed by atoms with E-state index in [2.05, 4.69) is 19.4 Å². The Balaban J connectivity index is 0.00000144. The molecule has 0 spiro atoms. The molecule has 0 fully saturated rings. The summed E-state index contributed by atoms with van der Waals surface area (Å²) in [5.74, 6) is -0.486. The number of halogens is 1. The van der Waals surface area contributed by atoms with Gasteiger partial charge in [0.15, 0.2) is 5.82 Å². The highest BCUT2D eigenvalue weighted by molar-refractivity contribution is 5.85. The van der Waals surface area contributed by atoms with E-state index < -0.39 is 5.97 Å². The molecule has 0 saturated heterocycles. The number of nitrogens with zero attached hydrogens (tertiary/aromatic N) is 2. The van der Waals surface area contributed by atoms with Gasteiger partial charge in [-0.3, -0.25) is 0 Å². The van der Waals surface area contributed by atoms with E-state index in [1.54, 1.807) is 6.92 Å². The summed E-state index contributed by atoms with van der Waals surface area (Å²) in [5, 5.41) is 3.43. The largest absolute Gasteiger partial charge is 0.459 e. The van der Waals surface area contributed by atoms with Crippen LogP contribution in [0.3, 0.4) is 0 Å². The number of aromatic nitrogens is 2. The fourth-order valence-electron chi connectivity index (χ4n) is 0.613. The van der Waals surface area contributed by atoms with Crippen LogP contribution in [0, 0.1) is 0 Å². The predicted octanol–water partition coefficient (Wildman–Crippen LogP) is 0.127. The van der Waals surface area contributed by atoms with Gasteiger partial charge in [0.25, 0.3) is 0 Å². The summed E-state index contributed by atoms with van der Waals surface area (Å²) in [5.41, 5.74) is 5.20. The Morgan fingerprint density at radius 1 is 1.69 bits per heavy atom. The number of esters is 1. The van der Waals surface area contributed by atoms with Crippen molar-refractivity contribution in [2.75, 3.05) is 6.61 Å². The van der Waals surface area contributed by atoms with Gasteiger partial charge in [-0.25, -0.2) is 4.79 Å². The van der Waals surface area contributed by atoms with Crippen LogP contribution in [0.25, 0.3) is 0 Å². The average molecular weight is 208 g/mol. The highest BCUT2D eigenvalue weighted by Crippen LogP contribution is 1.98. The van der Waals surface area contributed by atoms with Crippen LogP contribution in [0.4, 0.5) is 0 Å². The predicted molar refractivity (Wildman–Crippen MR) is 45.4 cm³/mol. The Morgan fingerprint density at radius 3 is 2.85 bits per heavy atom. The molecule has 13 heavy (non-hydrogen) atoms. The van der Waals surface area contributed by atoms with Gasteiger partial charge in [-0.2, -0.15) is 4.98 Å². The van der Waals surface area contributed by atoms with Crippen LogP contribution in [0.2, 0.25) is 0 Å². The number of carbonyl (C=O) groups is 1. The van der Waals surface area contributed by atoms with Crippen molar-refractivity contribution in [3.05, 3.63) is 11.7 Å². The van der Waals surface area contributed by atoms with Gasteiger partial charge in [-0.05, 0) is 6.92 Å². The molecule has 0 amide bonds. The zero-order valence-corrected chi connectivity index (χ0v) is 7.84. The number of ether oxygens (including phenoxy) is 1. The summed E-state index contributed by atoms with van der Waals surface area (Å²) in [6.07, 6.45) is 0. The fourth-order valence-corrected chi connectivity index (χ4v) is 0.613. The lowest BCUT2D eigenvalue weighted by Gasteiger charge is -1.93. The molecule has 0 radical (unpaired) electrons. The summed E-state index contributed by atoms with van der Waals surface area (Å²) in [6, 6.07) is 0. The van der Waals surface area contributed by atoms with Crippen LogP contribution in [0.1, 0.15) is 23.4 Å². The lowest BCUT2D eigenvalue weighted by atomic mass is 10.6. The summed E-state index contributed by atoms with van der Waals surface area (Å²) in [4.78, 5) is 14.6. The molecule has 74 valence electrons. The molecule has 0 aliphatic carbocycles. The maximum Gasteiger partial charge on any atom is 0.397 e. The lowest BCUT2D eigenvalue weighted by molar-refractivity contribution is 0.0470.